The first-order chi connectivity index (χ1) is 7.70. The van der Waals surface area contributed by atoms with E-state index in [-0.39, 0.29) is 22.9 Å². The highest BCUT2D eigenvalue weighted by Crippen LogP contribution is 2.32. The van der Waals surface area contributed by atoms with Crippen molar-refractivity contribution in [3.63, 3.8) is 0 Å². The molecule has 0 unspecified atom stereocenters. The number of rotatable bonds is 3. The summed E-state index contributed by atoms with van der Waals surface area (Å²) in [6.45, 7) is 10.6. The number of carbonyl (C=O) groups excluding carboxylic acids is 1. The van der Waals surface area contributed by atoms with Gasteiger partial charge in [-0.2, -0.15) is 0 Å². The molecular formula is C15H28O2. The van der Waals surface area contributed by atoms with Gasteiger partial charge in [0, 0.05) is 0 Å². The Hall–Kier alpha value is -0.530. The highest BCUT2D eigenvalue weighted by Gasteiger charge is 2.32. The van der Waals surface area contributed by atoms with Crippen LogP contribution in [0.1, 0.15) is 73.1 Å². The van der Waals surface area contributed by atoms with E-state index in [4.69, 9.17) is 4.74 Å². The van der Waals surface area contributed by atoms with Gasteiger partial charge in [0.15, 0.2) is 0 Å². The second kappa shape index (κ2) is 5.41. The van der Waals surface area contributed by atoms with Crippen molar-refractivity contribution in [2.75, 3.05) is 0 Å². The molecule has 17 heavy (non-hydrogen) atoms. The number of hydrogen-bond acceptors (Lipinski definition) is 2. The molecule has 1 saturated carbocycles. The van der Waals surface area contributed by atoms with Crippen LogP contribution in [0.25, 0.3) is 0 Å². The zero-order chi connectivity index (χ0) is 13.1. The summed E-state index contributed by atoms with van der Waals surface area (Å²) in [6, 6.07) is 0. The number of ether oxygens (including phenoxy) is 1. The maximum Gasteiger partial charge on any atom is 0.309 e. The molecule has 1 aliphatic rings. The lowest BCUT2D eigenvalue weighted by Gasteiger charge is -2.34. The van der Waals surface area contributed by atoms with Gasteiger partial charge in [-0.15, -0.1) is 0 Å². The summed E-state index contributed by atoms with van der Waals surface area (Å²) in [4.78, 5) is 12.1. The van der Waals surface area contributed by atoms with E-state index in [9.17, 15) is 4.79 Å². The third-order valence-electron chi connectivity index (χ3n) is 3.27. The van der Waals surface area contributed by atoms with Crippen LogP contribution in [-0.4, -0.2) is 11.6 Å². The van der Waals surface area contributed by atoms with E-state index < -0.39 is 0 Å². The SMILES string of the molecule is CC(C)(C)CC(C)(C)OC(=O)C1CCCCC1. The fourth-order valence-electron chi connectivity index (χ4n) is 3.01. The van der Waals surface area contributed by atoms with Crippen molar-refractivity contribution >= 4 is 5.97 Å². The van der Waals surface area contributed by atoms with E-state index in [0.717, 1.165) is 19.3 Å². The third kappa shape index (κ3) is 5.56. The molecule has 0 bridgehead atoms. The van der Waals surface area contributed by atoms with Gasteiger partial charge in [-0.3, -0.25) is 4.79 Å². The highest BCUT2D eigenvalue weighted by molar-refractivity contribution is 5.73. The molecule has 0 N–H and O–H groups in total. The lowest BCUT2D eigenvalue weighted by atomic mass is 9.83. The van der Waals surface area contributed by atoms with Crippen LogP contribution in [0.3, 0.4) is 0 Å². The maximum atomic E-state index is 12.1. The molecule has 100 valence electrons. The first-order valence-electron chi connectivity index (χ1n) is 6.92. The van der Waals surface area contributed by atoms with Crippen molar-refractivity contribution in [2.24, 2.45) is 11.3 Å². The fourth-order valence-corrected chi connectivity index (χ4v) is 3.01. The molecule has 1 fully saturated rings. The van der Waals surface area contributed by atoms with Gasteiger partial charge in [-0.1, -0.05) is 40.0 Å². The Morgan fingerprint density at radius 3 is 2.06 bits per heavy atom. The molecule has 0 radical (unpaired) electrons. The quantitative estimate of drug-likeness (QED) is 0.686. The van der Waals surface area contributed by atoms with Gasteiger partial charge in [0.2, 0.25) is 0 Å². The van der Waals surface area contributed by atoms with Crippen LogP contribution in [0, 0.1) is 11.3 Å². The monoisotopic (exact) mass is 240 g/mol. The predicted octanol–water partition coefficient (Wildman–Crippen LogP) is 4.32. The van der Waals surface area contributed by atoms with Gasteiger partial charge in [-0.25, -0.2) is 0 Å². The van der Waals surface area contributed by atoms with Crippen molar-refractivity contribution in [1.82, 2.24) is 0 Å². The minimum atomic E-state index is -0.340. The molecule has 0 amide bonds. The van der Waals surface area contributed by atoms with Gasteiger partial charge < -0.3 is 4.74 Å². The largest absolute Gasteiger partial charge is 0.459 e. The Bertz CT molecular complexity index is 255. The van der Waals surface area contributed by atoms with Gasteiger partial charge >= 0.3 is 5.97 Å². The first-order valence-corrected chi connectivity index (χ1v) is 6.92. The second-order valence-corrected chi connectivity index (χ2v) is 7.25. The molecule has 0 atom stereocenters. The normalized spacial score (nSPS) is 19.1. The Morgan fingerprint density at radius 1 is 1.06 bits per heavy atom. The Balaban J connectivity index is 2.48. The van der Waals surface area contributed by atoms with Crippen LogP contribution >= 0.6 is 0 Å². The van der Waals surface area contributed by atoms with E-state index in [1.165, 1.54) is 19.3 Å². The Kier molecular flexibility index (Phi) is 4.62. The number of carbonyl (C=O) groups is 1. The van der Waals surface area contributed by atoms with Crippen LogP contribution in [0.2, 0.25) is 0 Å². The molecule has 0 aromatic rings. The molecule has 1 rings (SSSR count). The van der Waals surface area contributed by atoms with Crippen molar-refractivity contribution in [3.8, 4) is 0 Å². The Morgan fingerprint density at radius 2 is 1.59 bits per heavy atom. The van der Waals surface area contributed by atoms with Gasteiger partial charge in [0.25, 0.3) is 0 Å². The zero-order valence-corrected chi connectivity index (χ0v) is 12.1. The molecule has 0 aliphatic heterocycles. The topological polar surface area (TPSA) is 26.3 Å². The molecule has 0 aromatic carbocycles. The van der Waals surface area contributed by atoms with Crippen LogP contribution < -0.4 is 0 Å². The summed E-state index contributed by atoms with van der Waals surface area (Å²) < 4.78 is 5.71. The summed E-state index contributed by atoms with van der Waals surface area (Å²) in [5, 5.41) is 0. The lowest BCUT2D eigenvalue weighted by Crippen LogP contribution is -2.35. The minimum absolute atomic E-state index is 0.0268. The molecule has 0 spiro atoms. The van der Waals surface area contributed by atoms with Crippen LogP contribution in [0.15, 0.2) is 0 Å². The molecule has 2 heteroatoms. The summed E-state index contributed by atoms with van der Waals surface area (Å²) in [5.74, 6) is 0.182. The fraction of sp³-hybridized carbons (Fsp3) is 0.933. The predicted molar refractivity (Wildman–Crippen MR) is 70.8 cm³/mol. The third-order valence-corrected chi connectivity index (χ3v) is 3.27. The van der Waals surface area contributed by atoms with Crippen molar-refractivity contribution in [2.45, 2.75) is 78.7 Å². The van der Waals surface area contributed by atoms with Crippen LogP contribution in [0.4, 0.5) is 0 Å². The number of esters is 1. The lowest BCUT2D eigenvalue weighted by molar-refractivity contribution is -0.165. The van der Waals surface area contributed by atoms with Crippen LogP contribution in [0.5, 0.6) is 0 Å². The molecular weight excluding hydrogens is 212 g/mol. The van der Waals surface area contributed by atoms with E-state index in [0.29, 0.717) is 0 Å². The van der Waals surface area contributed by atoms with Crippen molar-refractivity contribution in [3.05, 3.63) is 0 Å². The average Bonchev–Trinajstić information content (AvgIpc) is 2.14. The molecule has 2 nitrogen and oxygen atoms in total. The van der Waals surface area contributed by atoms with Crippen molar-refractivity contribution < 1.29 is 9.53 Å². The average molecular weight is 240 g/mol. The van der Waals surface area contributed by atoms with Gasteiger partial charge in [-0.05, 0) is 38.5 Å². The summed E-state index contributed by atoms with van der Waals surface area (Å²) >= 11 is 0. The van der Waals surface area contributed by atoms with Crippen LogP contribution in [-0.2, 0) is 9.53 Å². The smallest absolute Gasteiger partial charge is 0.309 e. The van der Waals surface area contributed by atoms with Gasteiger partial charge in [0.05, 0.1) is 5.92 Å². The van der Waals surface area contributed by atoms with E-state index in [1.807, 2.05) is 13.8 Å². The summed E-state index contributed by atoms with van der Waals surface area (Å²) in [6.07, 6.45) is 6.57. The molecule has 0 saturated heterocycles. The maximum absolute atomic E-state index is 12.1. The van der Waals surface area contributed by atoms with E-state index in [1.54, 1.807) is 0 Å². The highest BCUT2D eigenvalue weighted by atomic mass is 16.6. The first kappa shape index (κ1) is 14.5. The number of hydrogen-bond donors (Lipinski definition) is 0. The summed E-state index contributed by atoms with van der Waals surface area (Å²) in [5.41, 5.74) is -0.150. The van der Waals surface area contributed by atoms with Crippen molar-refractivity contribution in [1.29, 1.82) is 0 Å². The second-order valence-electron chi connectivity index (χ2n) is 7.25. The molecule has 1 aliphatic carbocycles. The standard InChI is InChI=1S/C15H28O2/c1-14(2,3)11-15(4,5)17-13(16)12-9-7-6-8-10-12/h12H,6-11H2,1-5H3. The zero-order valence-electron chi connectivity index (χ0n) is 12.1. The van der Waals surface area contributed by atoms with E-state index >= 15 is 0 Å². The summed E-state index contributed by atoms with van der Waals surface area (Å²) in [7, 11) is 0. The van der Waals surface area contributed by atoms with E-state index in [2.05, 4.69) is 20.8 Å². The Labute approximate surface area is 106 Å². The molecule has 0 aromatic heterocycles. The van der Waals surface area contributed by atoms with Gasteiger partial charge in [0.1, 0.15) is 5.60 Å². The minimum Gasteiger partial charge on any atom is -0.459 e. The molecule has 0 heterocycles.